The Morgan fingerprint density at radius 2 is 1.71 bits per heavy atom. The summed E-state index contributed by atoms with van der Waals surface area (Å²) < 4.78 is 5.37. The molecular formula is C19H28N2O3. The highest BCUT2D eigenvalue weighted by Gasteiger charge is 2.17. The summed E-state index contributed by atoms with van der Waals surface area (Å²) in [4.78, 5) is 23.8. The minimum atomic E-state index is -0.423. The zero-order chi connectivity index (χ0) is 17.9. The number of rotatable bonds is 11. The second-order valence-corrected chi connectivity index (χ2v) is 6.23. The van der Waals surface area contributed by atoms with Crippen molar-refractivity contribution in [2.75, 3.05) is 5.32 Å². The van der Waals surface area contributed by atoms with Crippen LogP contribution in [0.2, 0.25) is 0 Å². The molecule has 0 unspecified atom stereocenters. The van der Waals surface area contributed by atoms with Crippen LogP contribution in [-0.2, 0) is 9.59 Å². The smallest absolute Gasteiger partial charge is 0.234 e. The highest BCUT2D eigenvalue weighted by Crippen LogP contribution is 2.25. The first-order chi connectivity index (χ1) is 11.5. The summed E-state index contributed by atoms with van der Waals surface area (Å²) in [5, 5.41) is 11.6. The van der Waals surface area contributed by atoms with Gasteiger partial charge in [0.2, 0.25) is 11.8 Å². The van der Waals surface area contributed by atoms with Crippen LogP contribution in [0.15, 0.2) is 4.42 Å². The first-order valence-corrected chi connectivity index (χ1v) is 8.81. The van der Waals surface area contributed by atoms with Crippen molar-refractivity contribution in [2.24, 2.45) is 0 Å². The zero-order valence-corrected chi connectivity index (χ0v) is 15.0. The van der Waals surface area contributed by atoms with Gasteiger partial charge in [-0.3, -0.25) is 14.9 Å². The van der Waals surface area contributed by atoms with Crippen LogP contribution in [0, 0.1) is 25.2 Å². The maximum atomic E-state index is 11.9. The first-order valence-electron chi connectivity index (χ1n) is 8.81. The molecule has 132 valence electrons. The van der Waals surface area contributed by atoms with E-state index in [1.165, 1.54) is 25.7 Å². The molecule has 0 radical (unpaired) electrons. The average Bonchev–Trinajstić information content (AvgIpc) is 2.79. The highest BCUT2D eigenvalue weighted by atomic mass is 16.4. The third kappa shape index (κ3) is 6.57. The van der Waals surface area contributed by atoms with Gasteiger partial charge >= 0.3 is 0 Å². The number of nitrogens with one attached hydrogen (secondary N) is 1. The van der Waals surface area contributed by atoms with E-state index in [1.807, 2.05) is 6.07 Å². The summed E-state index contributed by atoms with van der Waals surface area (Å²) in [5.74, 6) is 0.241. The van der Waals surface area contributed by atoms with Crippen LogP contribution in [-0.4, -0.2) is 11.7 Å². The molecule has 0 saturated heterocycles. The second kappa shape index (κ2) is 10.6. The molecule has 0 fully saturated rings. The Morgan fingerprint density at radius 3 is 2.33 bits per heavy atom. The van der Waals surface area contributed by atoms with Gasteiger partial charge < -0.3 is 4.42 Å². The summed E-state index contributed by atoms with van der Waals surface area (Å²) in [6, 6.07) is 2.01. The Balaban J connectivity index is 2.29. The van der Waals surface area contributed by atoms with E-state index in [0.29, 0.717) is 23.3 Å². The molecule has 0 bridgehead atoms. The molecular weight excluding hydrogens is 304 g/mol. The lowest BCUT2D eigenvalue weighted by atomic mass is 10.1. The largest absolute Gasteiger partial charge is 0.444 e. The number of hydrogen-bond donors (Lipinski definition) is 1. The number of anilines is 1. The Labute approximate surface area is 144 Å². The van der Waals surface area contributed by atoms with Crippen molar-refractivity contribution >= 4 is 17.6 Å². The van der Waals surface area contributed by atoms with Crippen LogP contribution in [0.5, 0.6) is 0 Å². The molecule has 0 saturated carbocycles. The van der Waals surface area contributed by atoms with Gasteiger partial charge in [-0.25, -0.2) is 0 Å². The van der Waals surface area contributed by atoms with Gasteiger partial charge in [-0.15, -0.1) is 0 Å². The fourth-order valence-corrected chi connectivity index (χ4v) is 2.57. The van der Waals surface area contributed by atoms with Crippen molar-refractivity contribution in [1.29, 1.82) is 5.26 Å². The lowest BCUT2D eigenvalue weighted by molar-refractivity contribution is -0.125. The first kappa shape index (κ1) is 20.0. The predicted molar refractivity (Wildman–Crippen MR) is 93.8 cm³/mol. The maximum absolute atomic E-state index is 11.9. The number of unbranched alkanes of at least 4 members (excludes halogenated alkanes) is 6. The lowest BCUT2D eigenvalue weighted by Crippen LogP contribution is -2.16. The summed E-state index contributed by atoms with van der Waals surface area (Å²) in [6.45, 7) is 5.69. The minimum absolute atomic E-state index is 0.0698. The van der Waals surface area contributed by atoms with Gasteiger partial charge in [0, 0.05) is 12.0 Å². The molecule has 0 aliphatic heterocycles. The van der Waals surface area contributed by atoms with Crippen molar-refractivity contribution in [2.45, 2.75) is 78.6 Å². The van der Waals surface area contributed by atoms with Crippen molar-refractivity contribution in [3.8, 4) is 6.07 Å². The fourth-order valence-electron chi connectivity index (χ4n) is 2.57. The fraction of sp³-hybridized carbons (Fsp3) is 0.632. The molecule has 1 N–H and O–H groups in total. The molecule has 1 heterocycles. The van der Waals surface area contributed by atoms with Gasteiger partial charge in [-0.2, -0.15) is 5.26 Å². The molecule has 1 rings (SSSR count). The standard InChI is InChI=1S/C19H28N2O3/c1-4-5-6-7-8-9-10-11-16(22)12-18(23)21-19-17(13-20)14(2)15(3)24-19/h4-12H2,1-3H3,(H,21,23). The zero-order valence-electron chi connectivity index (χ0n) is 15.0. The molecule has 5 nitrogen and oxygen atoms in total. The molecule has 0 spiro atoms. The van der Waals surface area contributed by atoms with Gasteiger partial charge in [0.25, 0.3) is 0 Å². The van der Waals surface area contributed by atoms with Crippen LogP contribution in [0.1, 0.15) is 81.6 Å². The number of nitriles is 1. The van der Waals surface area contributed by atoms with E-state index in [0.717, 1.165) is 19.3 Å². The van der Waals surface area contributed by atoms with Crippen LogP contribution >= 0.6 is 0 Å². The molecule has 5 heteroatoms. The molecule has 0 aliphatic rings. The number of nitrogens with zero attached hydrogens (tertiary/aromatic N) is 1. The van der Waals surface area contributed by atoms with Crippen LogP contribution in [0.4, 0.5) is 5.88 Å². The molecule has 1 aromatic rings. The molecule has 1 aromatic heterocycles. The number of furan rings is 1. The second-order valence-electron chi connectivity index (χ2n) is 6.23. The van der Waals surface area contributed by atoms with E-state index in [9.17, 15) is 9.59 Å². The predicted octanol–water partition coefficient (Wildman–Crippen LogP) is 4.81. The third-order valence-electron chi connectivity index (χ3n) is 4.17. The number of ketones is 1. The lowest BCUT2D eigenvalue weighted by Gasteiger charge is -2.03. The number of amides is 1. The number of Topliss-reactive ketones (excluding diaryl/α,β-unsaturated/α-hetero) is 1. The van der Waals surface area contributed by atoms with E-state index in [-0.39, 0.29) is 18.1 Å². The molecule has 1 amide bonds. The third-order valence-corrected chi connectivity index (χ3v) is 4.17. The molecule has 0 aromatic carbocycles. The van der Waals surface area contributed by atoms with Gasteiger partial charge in [-0.05, 0) is 20.3 Å². The van der Waals surface area contributed by atoms with Crippen molar-refractivity contribution < 1.29 is 14.0 Å². The Bertz CT molecular complexity index is 596. The van der Waals surface area contributed by atoms with Gasteiger partial charge in [0.05, 0.1) is 6.42 Å². The van der Waals surface area contributed by atoms with Crippen molar-refractivity contribution in [1.82, 2.24) is 0 Å². The number of carbonyl (C=O) groups is 2. The molecule has 0 aliphatic carbocycles. The minimum Gasteiger partial charge on any atom is -0.444 e. The highest BCUT2D eigenvalue weighted by molar-refractivity contribution is 6.04. The van der Waals surface area contributed by atoms with Crippen molar-refractivity contribution in [3.05, 3.63) is 16.9 Å². The quantitative estimate of drug-likeness (QED) is 0.466. The summed E-state index contributed by atoms with van der Waals surface area (Å²) in [6.07, 6.45) is 8.27. The van der Waals surface area contributed by atoms with Crippen LogP contribution < -0.4 is 5.32 Å². The average molecular weight is 332 g/mol. The number of hydrogen-bond acceptors (Lipinski definition) is 4. The van der Waals surface area contributed by atoms with E-state index in [4.69, 9.17) is 9.68 Å². The van der Waals surface area contributed by atoms with Crippen molar-refractivity contribution in [3.63, 3.8) is 0 Å². The summed E-state index contributed by atoms with van der Waals surface area (Å²) in [7, 11) is 0. The monoisotopic (exact) mass is 332 g/mol. The maximum Gasteiger partial charge on any atom is 0.234 e. The normalized spacial score (nSPS) is 10.4. The van der Waals surface area contributed by atoms with E-state index in [1.54, 1.807) is 13.8 Å². The Morgan fingerprint density at radius 1 is 1.08 bits per heavy atom. The summed E-state index contributed by atoms with van der Waals surface area (Å²) >= 11 is 0. The molecule has 0 atom stereocenters. The van der Waals surface area contributed by atoms with E-state index >= 15 is 0 Å². The van der Waals surface area contributed by atoms with E-state index < -0.39 is 5.91 Å². The van der Waals surface area contributed by atoms with Gasteiger partial charge in [-0.1, -0.05) is 45.4 Å². The topological polar surface area (TPSA) is 83.1 Å². The number of carbonyl (C=O) groups excluding carboxylic acids is 2. The Hall–Kier alpha value is -2.09. The summed E-state index contributed by atoms with van der Waals surface area (Å²) in [5.41, 5.74) is 1.03. The van der Waals surface area contributed by atoms with Gasteiger partial charge in [0.15, 0.2) is 0 Å². The van der Waals surface area contributed by atoms with E-state index in [2.05, 4.69) is 12.2 Å². The van der Waals surface area contributed by atoms with Gasteiger partial charge in [0.1, 0.15) is 23.2 Å². The number of aryl methyl sites for hydroxylation is 1. The van der Waals surface area contributed by atoms with Crippen LogP contribution in [0.3, 0.4) is 0 Å². The molecule has 24 heavy (non-hydrogen) atoms. The van der Waals surface area contributed by atoms with Crippen LogP contribution in [0.25, 0.3) is 0 Å². The SMILES string of the molecule is CCCCCCCCCC(=O)CC(=O)Nc1oc(C)c(C)c1C#N. The Kier molecular flexibility index (Phi) is 8.85.